The smallest absolute Gasteiger partial charge is 0.319 e. The van der Waals surface area contributed by atoms with Gasteiger partial charge in [0.05, 0.1) is 0 Å². The van der Waals surface area contributed by atoms with Gasteiger partial charge in [0.1, 0.15) is 5.92 Å². The van der Waals surface area contributed by atoms with Crippen LogP contribution in [0.3, 0.4) is 0 Å². The summed E-state index contributed by atoms with van der Waals surface area (Å²) in [5, 5.41) is 8.42. The zero-order valence-corrected chi connectivity index (χ0v) is 7.15. The predicted octanol–water partition coefficient (Wildman–Crippen LogP) is 0.481. The van der Waals surface area contributed by atoms with Gasteiger partial charge in [0.25, 0.3) is 0 Å². The molecule has 3 N–H and O–H groups in total. The third-order valence-electron chi connectivity index (χ3n) is 0.987. The number of aliphatic carboxylic acids is 1. The molecular formula is C7H12ClNO2. The van der Waals surface area contributed by atoms with Crippen LogP contribution in [-0.2, 0) is 4.79 Å². The van der Waals surface area contributed by atoms with E-state index in [0.29, 0.717) is 6.42 Å². The van der Waals surface area contributed by atoms with E-state index >= 15 is 0 Å². The van der Waals surface area contributed by atoms with E-state index in [2.05, 4.69) is 11.8 Å². The van der Waals surface area contributed by atoms with E-state index in [9.17, 15) is 4.79 Å². The third-order valence-corrected chi connectivity index (χ3v) is 0.987. The normalized spacial score (nSPS) is 10.4. The van der Waals surface area contributed by atoms with Crippen LogP contribution in [0.5, 0.6) is 0 Å². The van der Waals surface area contributed by atoms with Gasteiger partial charge in [-0.1, -0.05) is 12.8 Å². The number of carboxylic acids is 1. The molecule has 64 valence electrons. The molecule has 11 heavy (non-hydrogen) atoms. The van der Waals surface area contributed by atoms with Crippen molar-refractivity contribution in [3.05, 3.63) is 0 Å². The van der Waals surface area contributed by atoms with Gasteiger partial charge >= 0.3 is 5.97 Å². The number of nitrogens with two attached hydrogens (primary N) is 1. The molecule has 0 saturated heterocycles. The number of hydrogen-bond donors (Lipinski definition) is 2. The molecular weight excluding hydrogens is 166 g/mol. The van der Waals surface area contributed by atoms with Crippen molar-refractivity contribution in [1.29, 1.82) is 0 Å². The summed E-state index contributed by atoms with van der Waals surface area (Å²) in [5.41, 5.74) is 5.13. The highest BCUT2D eigenvalue weighted by Crippen LogP contribution is 1.90. The summed E-state index contributed by atoms with van der Waals surface area (Å²) in [6.45, 7) is 1.95. The molecule has 0 radical (unpaired) electrons. The quantitative estimate of drug-likeness (QED) is 0.604. The Kier molecular flexibility index (Phi) is 8.67. The van der Waals surface area contributed by atoms with Crippen LogP contribution in [0, 0.1) is 17.8 Å². The Morgan fingerprint density at radius 1 is 1.73 bits per heavy atom. The lowest BCUT2D eigenvalue weighted by molar-refractivity contribution is -0.139. The van der Waals surface area contributed by atoms with Gasteiger partial charge in [-0.25, -0.2) is 0 Å². The van der Waals surface area contributed by atoms with E-state index in [1.165, 1.54) is 0 Å². The van der Waals surface area contributed by atoms with Crippen LogP contribution in [0.4, 0.5) is 0 Å². The van der Waals surface area contributed by atoms with Crippen molar-refractivity contribution in [1.82, 2.24) is 0 Å². The average Bonchev–Trinajstić information content (AvgIpc) is 1.89. The van der Waals surface area contributed by atoms with Gasteiger partial charge in [0.2, 0.25) is 0 Å². The lowest BCUT2D eigenvalue weighted by Crippen LogP contribution is -2.21. The van der Waals surface area contributed by atoms with Gasteiger partial charge in [-0.05, 0) is 0 Å². The highest BCUT2D eigenvalue weighted by molar-refractivity contribution is 5.85. The highest BCUT2D eigenvalue weighted by Gasteiger charge is 2.10. The SMILES string of the molecule is CCC#CC(CN)C(=O)O.Cl. The minimum Gasteiger partial charge on any atom is -0.480 e. The highest BCUT2D eigenvalue weighted by atomic mass is 35.5. The fraction of sp³-hybridized carbons (Fsp3) is 0.571. The minimum absolute atomic E-state index is 0. The van der Waals surface area contributed by atoms with E-state index in [0.717, 1.165) is 0 Å². The maximum absolute atomic E-state index is 10.3. The monoisotopic (exact) mass is 177 g/mol. The third kappa shape index (κ3) is 5.71. The van der Waals surface area contributed by atoms with Crippen LogP contribution in [0.15, 0.2) is 0 Å². The first-order chi connectivity index (χ1) is 4.72. The second-order valence-electron chi connectivity index (χ2n) is 1.80. The average molecular weight is 178 g/mol. The maximum Gasteiger partial charge on any atom is 0.319 e. The summed E-state index contributed by atoms with van der Waals surface area (Å²) >= 11 is 0. The van der Waals surface area contributed by atoms with Gasteiger partial charge in [-0.3, -0.25) is 4.79 Å². The molecule has 0 aliphatic carbocycles. The van der Waals surface area contributed by atoms with Crippen molar-refractivity contribution in [2.75, 3.05) is 6.54 Å². The molecule has 4 heteroatoms. The molecule has 1 atom stereocenters. The predicted molar refractivity (Wildman–Crippen MR) is 45.5 cm³/mol. The molecule has 0 aliphatic heterocycles. The Balaban J connectivity index is 0. The Labute approximate surface area is 72.4 Å². The van der Waals surface area contributed by atoms with Crippen molar-refractivity contribution in [3.8, 4) is 11.8 Å². The van der Waals surface area contributed by atoms with E-state index in [4.69, 9.17) is 10.8 Å². The van der Waals surface area contributed by atoms with E-state index in [1.807, 2.05) is 6.92 Å². The molecule has 3 nitrogen and oxygen atoms in total. The fourth-order valence-electron chi connectivity index (χ4n) is 0.447. The zero-order chi connectivity index (χ0) is 7.98. The van der Waals surface area contributed by atoms with Crippen molar-refractivity contribution >= 4 is 18.4 Å². The van der Waals surface area contributed by atoms with Crippen molar-refractivity contribution in [2.45, 2.75) is 13.3 Å². The standard InChI is InChI=1S/C7H11NO2.ClH/c1-2-3-4-6(5-8)7(9)10;/h6H,2,5,8H2,1H3,(H,9,10);1H. The van der Waals surface area contributed by atoms with Gasteiger partial charge in [-0.15, -0.1) is 18.3 Å². The van der Waals surface area contributed by atoms with Gasteiger partial charge in [-0.2, -0.15) is 0 Å². The second kappa shape index (κ2) is 7.39. The number of hydrogen-bond acceptors (Lipinski definition) is 2. The largest absolute Gasteiger partial charge is 0.480 e. The van der Waals surface area contributed by atoms with Crippen LogP contribution >= 0.6 is 12.4 Å². The summed E-state index contributed by atoms with van der Waals surface area (Å²) in [7, 11) is 0. The molecule has 0 saturated carbocycles. The number of carboxylic acid groups (broad SMARTS) is 1. The van der Waals surface area contributed by atoms with Crippen LogP contribution < -0.4 is 5.73 Å². The summed E-state index contributed by atoms with van der Waals surface area (Å²) in [6, 6.07) is 0. The molecule has 0 rings (SSSR count). The second-order valence-corrected chi connectivity index (χ2v) is 1.80. The lowest BCUT2D eigenvalue weighted by atomic mass is 10.1. The zero-order valence-electron chi connectivity index (χ0n) is 6.33. The van der Waals surface area contributed by atoms with Gasteiger partial charge in [0, 0.05) is 13.0 Å². The van der Waals surface area contributed by atoms with E-state index in [-0.39, 0.29) is 19.0 Å². The molecule has 0 aromatic carbocycles. The Bertz CT molecular complexity index is 171. The Morgan fingerprint density at radius 3 is 2.55 bits per heavy atom. The number of carbonyl (C=O) groups is 1. The Morgan fingerprint density at radius 2 is 2.27 bits per heavy atom. The molecule has 0 aromatic rings. The van der Waals surface area contributed by atoms with E-state index in [1.54, 1.807) is 0 Å². The Hall–Kier alpha value is -0.720. The van der Waals surface area contributed by atoms with Crippen LogP contribution in [0.1, 0.15) is 13.3 Å². The molecule has 0 bridgehead atoms. The van der Waals surface area contributed by atoms with Crippen LogP contribution in [0.25, 0.3) is 0 Å². The first kappa shape index (κ1) is 12.9. The van der Waals surface area contributed by atoms with Gasteiger partial charge < -0.3 is 10.8 Å². The summed E-state index contributed by atoms with van der Waals surface area (Å²) < 4.78 is 0. The topological polar surface area (TPSA) is 63.3 Å². The van der Waals surface area contributed by atoms with Crippen molar-refractivity contribution in [2.24, 2.45) is 11.7 Å². The summed E-state index contributed by atoms with van der Waals surface area (Å²) in [5.74, 6) is 3.58. The molecule has 0 fully saturated rings. The first-order valence-electron chi connectivity index (χ1n) is 3.13. The van der Waals surface area contributed by atoms with E-state index < -0.39 is 11.9 Å². The first-order valence-corrected chi connectivity index (χ1v) is 3.13. The minimum atomic E-state index is -0.941. The summed E-state index contributed by atoms with van der Waals surface area (Å²) in [6.07, 6.45) is 0.670. The molecule has 0 heterocycles. The van der Waals surface area contributed by atoms with Crippen molar-refractivity contribution in [3.63, 3.8) is 0 Å². The fourth-order valence-corrected chi connectivity index (χ4v) is 0.447. The molecule has 0 aromatic heterocycles. The maximum atomic E-state index is 10.3. The lowest BCUT2D eigenvalue weighted by Gasteiger charge is -1.97. The summed E-state index contributed by atoms with van der Waals surface area (Å²) in [4.78, 5) is 10.3. The molecule has 1 unspecified atom stereocenters. The number of halogens is 1. The van der Waals surface area contributed by atoms with Crippen LogP contribution in [-0.4, -0.2) is 17.6 Å². The van der Waals surface area contributed by atoms with Gasteiger partial charge in [0.15, 0.2) is 0 Å². The van der Waals surface area contributed by atoms with Crippen LogP contribution in [0.2, 0.25) is 0 Å². The van der Waals surface area contributed by atoms with Crippen molar-refractivity contribution < 1.29 is 9.90 Å². The molecule has 0 amide bonds. The molecule has 0 aliphatic rings. The number of rotatable bonds is 2. The molecule has 0 spiro atoms.